The summed E-state index contributed by atoms with van der Waals surface area (Å²) in [5.74, 6) is 0. The fourth-order valence-electron chi connectivity index (χ4n) is 1.88. The minimum Gasteiger partial charge on any atom is -0.0658 e. The fourth-order valence-corrected chi connectivity index (χ4v) is 1.88. The van der Waals surface area contributed by atoms with Gasteiger partial charge in [-0.1, -0.05) is 49.2 Å². The Hall–Kier alpha value is -1.04. The molecule has 0 heteroatoms. The zero-order chi connectivity index (χ0) is 9.80. The number of hydrogen-bond acceptors (Lipinski definition) is 0. The molecule has 0 spiro atoms. The number of hydrogen-bond donors (Lipinski definition) is 0. The molecule has 0 bridgehead atoms. The summed E-state index contributed by atoms with van der Waals surface area (Å²) in [6, 6.07) is 10.9. The van der Waals surface area contributed by atoms with Gasteiger partial charge in [0.1, 0.15) is 0 Å². The minimum atomic E-state index is 1.27. The summed E-state index contributed by atoms with van der Waals surface area (Å²) < 4.78 is 0. The Bertz CT molecular complexity index is 313. The van der Waals surface area contributed by atoms with E-state index in [0.717, 1.165) is 0 Å². The van der Waals surface area contributed by atoms with Gasteiger partial charge in [0.25, 0.3) is 0 Å². The van der Waals surface area contributed by atoms with Crippen LogP contribution in [0, 0.1) is 0 Å². The van der Waals surface area contributed by atoms with Crippen molar-refractivity contribution in [3.63, 3.8) is 0 Å². The van der Waals surface area contributed by atoms with E-state index in [2.05, 4.69) is 37.3 Å². The summed E-state index contributed by atoms with van der Waals surface area (Å²) in [6.45, 7) is 2.26. The summed E-state index contributed by atoms with van der Waals surface area (Å²) in [5.41, 5.74) is 4.78. The second-order valence-corrected chi connectivity index (χ2v) is 4.05. The Morgan fingerprint density at radius 3 is 2.43 bits per heavy atom. The number of rotatable bonds is 4. The van der Waals surface area contributed by atoms with Crippen LogP contribution in [0.1, 0.15) is 44.6 Å². The van der Waals surface area contributed by atoms with Crippen LogP contribution in [0.2, 0.25) is 0 Å². The molecule has 0 aromatic heterocycles. The van der Waals surface area contributed by atoms with Crippen molar-refractivity contribution in [2.24, 2.45) is 0 Å². The summed E-state index contributed by atoms with van der Waals surface area (Å²) in [4.78, 5) is 0. The van der Waals surface area contributed by atoms with Crippen LogP contribution in [0.4, 0.5) is 0 Å². The van der Waals surface area contributed by atoms with E-state index >= 15 is 0 Å². The van der Waals surface area contributed by atoms with Gasteiger partial charge in [-0.05, 0) is 36.8 Å². The highest BCUT2D eigenvalue weighted by atomic mass is 14.2. The summed E-state index contributed by atoms with van der Waals surface area (Å²) in [5, 5.41) is 0. The second kappa shape index (κ2) is 4.45. The van der Waals surface area contributed by atoms with Gasteiger partial charge in [-0.3, -0.25) is 0 Å². The lowest BCUT2D eigenvalue weighted by Gasteiger charge is -2.06. The van der Waals surface area contributed by atoms with Crippen LogP contribution in [-0.4, -0.2) is 0 Å². The third-order valence-electron chi connectivity index (χ3n) is 2.83. The smallest absolute Gasteiger partial charge is 0.0225 e. The molecule has 1 saturated carbocycles. The Morgan fingerprint density at radius 1 is 1.14 bits per heavy atom. The Balaban J connectivity index is 2.17. The normalized spacial score (nSPS) is 14.2. The topological polar surface area (TPSA) is 0 Å². The Morgan fingerprint density at radius 2 is 1.86 bits per heavy atom. The molecule has 0 radical (unpaired) electrons. The van der Waals surface area contributed by atoms with Gasteiger partial charge >= 0.3 is 0 Å². The van der Waals surface area contributed by atoms with Gasteiger partial charge in [-0.15, -0.1) is 0 Å². The summed E-state index contributed by atoms with van der Waals surface area (Å²) >= 11 is 0. The van der Waals surface area contributed by atoms with E-state index in [1.165, 1.54) is 37.7 Å². The lowest BCUT2D eigenvalue weighted by atomic mass is 9.99. The Kier molecular flexibility index (Phi) is 3.03. The first kappa shape index (κ1) is 9.51. The molecular formula is C14H18. The molecule has 14 heavy (non-hydrogen) atoms. The van der Waals surface area contributed by atoms with Crippen molar-refractivity contribution in [1.29, 1.82) is 0 Å². The van der Waals surface area contributed by atoms with Gasteiger partial charge in [0.15, 0.2) is 0 Å². The first-order valence-corrected chi connectivity index (χ1v) is 5.68. The van der Waals surface area contributed by atoms with Gasteiger partial charge in [0, 0.05) is 0 Å². The maximum Gasteiger partial charge on any atom is -0.0225 e. The highest BCUT2D eigenvalue weighted by molar-refractivity contribution is 5.71. The van der Waals surface area contributed by atoms with E-state index < -0.39 is 0 Å². The number of benzene rings is 1. The third-order valence-corrected chi connectivity index (χ3v) is 2.83. The number of allylic oxidation sites excluding steroid dienone is 2. The van der Waals surface area contributed by atoms with Crippen molar-refractivity contribution in [1.82, 2.24) is 0 Å². The highest BCUT2D eigenvalue weighted by Crippen LogP contribution is 2.38. The van der Waals surface area contributed by atoms with E-state index in [1.54, 1.807) is 11.1 Å². The van der Waals surface area contributed by atoms with Crippen molar-refractivity contribution in [3.05, 3.63) is 41.5 Å². The SMILES string of the molecule is CCCCC(=C1CC1)c1ccccc1. The molecule has 0 nitrogen and oxygen atoms in total. The molecular weight excluding hydrogens is 168 g/mol. The maximum atomic E-state index is 2.26. The maximum absolute atomic E-state index is 2.26. The van der Waals surface area contributed by atoms with Crippen molar-refractivity contribution < 1.29 is 0 Å². The molecule has 0 N–H and O–H groups in total. The fraction of sp³-hybridized carbons (Fsp3) is 0.429. The predicted molar refractivity (Wildman–Crippen MR) is 62.1 cm³/mol. The molecule has 74 valence electrons. The quantitative estimate of drug-likeness (QED) is 0.652. The lowest BCUT2D eigenvalue weighted by Crippen LogP contribution is -1.84. The average molecular weight is 186 g/mol. The molecule has 1 aromatic carbocycles. The van der Waals surface area contributed by atoms with Crippen LogP contribution in [0.5, 0.6) is 0 Å². The molecule has 0 aliphatic heterocycles. The monoisotopic (exact) mass is 186 g/mol. The Labute approximate surface area is 86.7 Å². The summed E-state index contributed by atoms with van der Waals surface area (Å²) in [7, 11) is 0. The van der Waals surface area contributed by atoms with Crippen LogP contribution in [-0.2, 0) is 0 Å². The van der Waals surface area contributed by atoms with Crippen LogP contribution in [0.3, 0.4) is 0 Å². The molecule has 2 rings (SSSR count). The van der Waals surface area contributed by atoms with E-state index in [9.17, 15) is 0 Å². The van der Waals surface area contributed by atoms with Gasteiger partial charge in [-0.25, -0.2) is 0 Å². The van der Waals surface area contributed by atoms with Crippen LogP contribution < -0.4 is 0 Å². The van der Waals surface area contributed by atoms with Gasteiger partial charge < -0.3 is 0 Å². The molecule has 1 aliphatic rings. The van der Waals surface area contributed by atoms with Crippen molar-refractivity contribution in [3.8, 4) is 0 Å². The van der Waals surface area contributed by atoms with Crippen molar-refractivity contribution in [2.75, 3.05) is 0 Å². The third kappa shape index (κ3) is 2.25. The molecule has 0 saturated heterocycles. The zero-order valence-corrected chi connectivity index (χ0v) is 8.92. The lowest BCUT2D eigenvalue weighted by molar-refractivity contribution is 0.823. The molecule has 0 atom stereocenters. The van der Waals surface area contributed by atoms with E-state index in [-0.39, 0.29) is 0 Å². The summed E-state index contributed by atoms with van der Waals surface area (Å²) in [6.07, 6.45) is 6.58. The molecule has 0 heterocycles. The molecule has 0 amide bonds. The molecule has 1 fully saturated rings. The van der Waals surface area contributed by atoms with Crippen LogP contribution in [0.25, 0.3) is 5.57 Å². The minimum absolute atomic E-state index is 1.27. The largest absolute Gasteiger partial charge is 0.0658 e. The standard InChI is InChI=1S/C14H18/c1-2-3-9-14(13-10-11-13)12-7-5-4-6-8-12/h4-8H,2-3,9-11H2,1H3. The zero-order valence-electron chi connectivity index (χ0n) is 8.92. The molecule has 1 aromatic rings. The average Bonchev–Trinajstić information content (AvgIpc) is 3.04. The van der Waals surface area contributed by atoms with E-state index in [0.29, 0.717) is 0 Å². The van der Waals surface area contributed by atoms with Crippen LogP contribution in [0.15, 0.2) is 35.9 Å². The van der Waals surface area contributed by atoms with Crippen molar-refractivity contribution >= 4 is 5.57 Å². The van der Waals surface area contributed by atoms with Gasteiger partial charge in [0.2, 0.25) is 0 Å². The van der Waals surface area contributed by atoms with Crippen LogP contribution >= 0.6 is 0 Å². The molecule has 0 unspecified atom stereocenters. The second-order valence-electron chi connectivity index (χ2n) is 4.05. The first-order chi connectivity index (χ1) is 6.92. The van der Waals surface area contributed by atoms with Gasteiger partial charge in [0.05, 0.1) is 0 Å². The van der Waals surface area contributed by atoms with Gasteiger partial charge in [-0.2, -0.15) is 0 Å². The first-order valence-electron chi connectivity index (χ1n) is 5.68. The number of unbranched alkanes of at least 4 members (excludes halogenated alkanes) is 1. The predicted octanol–water partition coefficient (Wildman–Crippen LogP) is 4.42. The van der Waals surface area contributed by atoms with E-state index in [1.807, 2.05) is 0 Å². The van der Waals surface area contributed by atoms with Crippen molar-refractivity contribution in [2.45, 2.75) is 39.0 Å². The molecule has 1 aliphatic carbocycles. The van der Waals surface area contributed by atoms with E-state index in [4.69, 9.17) is 0 Å². The highest BCUT2D eigenvalue weighted by Gasteiger charge is 2.17.